The fourth-order valence-corrected chi connectivity index (χ4v) is 7.61. The molecule has 1 spiro atoms. The SMILES string of the molecule is C=C(C)Nc1ccn(C(=O)N2CCC3(CCCN3Cc3cc(C)cc(OC4CCS(=O)(=O)CC4)c3)CC2)n1. The van der Waals surface area contributed by atoms with Gasteiger partial charge in [-0.3, -0.25) is 4.90 Å². The second-order valence-corrected chi connectivity index (χ2v) is 13.5. The van der Waals surface area contributed by atoms with Gasteiger partial charge in [-0.05, 0) is 82.2 Å². The molecule has 0 bridgehead atoms. The number of nitrogens with one attached hydrogen (secondary N) is 1. The molecule has 1 aromatic heterocycles. The second-order valence-electron chi connectivity index (χ2n) is 11.2. The van der Waals surface area contributed by atoms with E-state index >= 15 is 0 Å². The Bertz CT molecular complexity index is 1280. The molecule has 9 nitrogen and oxygen atoms in total. The van der Waals surface area contributed by atoms with Crippen LogP contribution in [-0.2, 0) is 16.4 Å². The van der Waals surface area contributed by atoms with E-state index in [0.29, 0.717) is 31.7 Å². The molecule has 5 rings (SSSR count). The molecule has 0 saturated carbocycles. The molecule has 38 heavy (non-hydrogen) atoms. The van der Waals surface area contributed by atoms with Crippen LogP contribution in [0.2, 0.25) is 0 Å². The van der Waals surface area contributed by atoms with Gasteiger partial charge in [0, 0.05) is 43.1 Å². The molecule has 0 unspecified atom stereocenters. The van der Waals surface area contributed by atoms with Crippen molar-refractivity contribution in [3.05, 3.63) is 53.9 Å². The number of rotatable bonds is 6. The first-order valence-corrected chi connectivity index (χ1v) is 15.4. The minimum Gasteiger partial charge on any atom is -0.490 e. The number of allylic oxidation sites excluding steroid dienone is 1. The second kappa shape index (κ2) is 10.7. The zero-order chi connectivity index (χ0) is 26.9. The van der Waals surface area contributed by atoms with Crippen molar-refractivity contribution in [1.29, 1.82) is 0 Å². The summed E-state index contributed by atoms with van der Waals surface area (Å²) >= 11 is 0. The number of anilines is 1. The maximum Gasteiger partial charge on any atom is 0.344 e. The fourth-order valence-electron chi connectivity index (χ4n) is 6.17. The Hall–Kier alpha value is -2.85. The third kappa shape index (κ3) is 6.07. The van der Waals surface area contributed by atoms with E-state index in [4.69, 9.17) is 4.74 Å². The average Bonchev–Trinajstić information content (AvgIpc) is 3.47. The van der Waals surface area contributed by atoms with Crippen LogP contribution in [0.1, 0.15) is 56.6 Å². The maximum atomic E-state index is 13.1. The first-order valence-electron chi connectivity index (χ1n) is 13.6. The zero-order valence-electron chi connectivity index (χ0n) is 22.5. The summed E-state index contributed by atoms with van der Waals surface area (Å²) in [5, 5.41) is 7.40. The van der Waals surface area contributed by atoms with Crippen LogP contribution in [0.15, 0.2) is 42.7 Å². The number of amides is 1. The topological polar surface area (TPSA) is 96.8 Å². The standard InChI is InChI=1S/C28H39N5O4S/c1-21(2)29-26-5-12-33(30-26)27(34)31-13-9-28(10-14-31)8-4-11-32(28)20-23-17-22(3)18-25(19-23)37-24-6-15-38(35,36)16-7-24/h5,12,17-19,24H,1,4,6-11,13-16,20H2,2-3H3,(H,29,30). The van der Waals surface area contributed by atoms with Crippen LogP contribution in [0.4, 0.5) is 10.6 Å². The highest BCUT2D eigenvalue weighted by Crippen LogP contribution is 2.40. The number of nitrogens with zero attached hydrogens (tertiary/aromatic N) is 4. The number of piperidine rings is 1. The molecule has 2 aromatic rings. The van der Waals surface area contributed by atoms with Gasteiger partial charge in [-0.25, -0.2) is 13.2 Å². The molecule has 0 atom stereocenters. The van der Waals surface area contributed by atoms with Crippen molar-refractivity contribution in [1.82, 2.24) is 19.6 Å². The summed E-state index contributed by atoms with van der Waals surface area (Å²) in [7, 11) is -2.91. The Balaban J connectivity index is 1.20. The first kappa shape index (κ1) is 26.7. The normalized spacial score (nSPS) is 21.5. The molecule has 3 saturated heterocycles. The van der Waals surface area contributed by atoms with E-state index in [1.807, 2.05) is 17.9 Å². The summed E-state index contributed by atoms with van der Waals surface area (Å²) in [4.78, 5) is 17.6. The van der Waals surface area contributed by atoms with Gasteiger partial charge in [-0.1, -0.05) is 12.6 Å². The van der Waals surface area contributed by atoms with Gasteiger partial charge in [0.2, 0.25) is 0 Å². The smallest absolute Gasteiger partial charge is 0.344 e. The number of benzene rings is 1. The Labute approximate surface area is 225 Å². The molecule has 10 heteroatoms. The minimum absolute atomic E-state index is 0.0457. The highest BCUT2D eigenvalue weighted by molar-refractivity contribution is 7.91. The van der Waals surface area contributed by atoms with Crippen molar-refractivity contribution >= 4 is 21.7 Å². The summed E-state index contributed by atoms with van der Waals surface area (Å²) in [5.41, 5.74) is 3.25. The first-order chi connectivity index (χ1) is 18.1. The fraction of sp³-hybridized carbons (Fsp3) is 0.571. The Morgan fingerprint density at radius 2 is 1.89 bits per heavy atom. The Morgan fingerprint density at radius 3 is 2.61 bits per heavy atom. The van der Waals surface area contributed by atoms with Crippen molar-refractivity contribution < 1.29 is 17.9 Å². The molecule has 3 aliphatic rings. The quantitative estimate of drug-likeness (QED) is 0.586. The van der Waals surface area contributed by atoms with Crippen molar-refractivity contribution in [2.75, 3.05) is 36.5 Å². The molecule has 4 heterocycles. The van der Waals surface area contributed by atoms with Gasteiger partial charge in [0.15, 0.2) is 15.7 Å². The average molecular weight is 542 g/mol. The lowest BCUT2D eigenvalue weighted by Gasteiger charge is -2.45. The number of aryl methyl sites for hydroxylation is 1. The number of hydrogen-bond acceptors (Lipinski definition) is 7. The van der Waals surface area contributed by atoms with Crippen molar-refractivity contribution in [2.45, 2.75) is 70.6 Å². The number of hydrogen-bond donors (Lipinski definition) is 1. The monoisotopic (exact) mass is 541 g/mol. The van der Waals surface area contributed by atoms with E-state index in [-0.39, 0.29) is 29.2 Å². The summed E-state index contributed by atoms with van der Waals surface area (Å²) in [6.07, 6.45) is 6.97. The van der Waals surface area contributed by atoms with E-state index in [1.54, 1.807) is 12.3 Å². The van der Waals surface area contributed by atoms with Gasteiger partial charge >= 0.3 is 6.03 Å². The molecular formula is C28H39N5O4S. The van der Waals surface area contributed by atoms with E-state index in [1.165, 1.54) is 10.2 Å². The lowest BCUT2D eigenvalue weighted by molar-refractivity contribution is 0.0584. The molecule has 3 aliphatic heterocycles. The Morgan fingerprint density at radius 1 is 1.16 bits per heavy atom. The van der Waals surface area contributed by atoms with Crippen molar-refractivity contribution in [2.24, 2.45) is 0 Å². The van der Waals surface area contributed by atoms with Gasteiger partial charge in [-0.15, -0.1) is 5.10 Å². The largest absolute Gasteiger partial charge is 0.490 e. The zero-order valence-corrected chi connectivity index (χ0v) is 23.3. The predicted molar refractivity (Wildman–Crippen MR) is 148 cm³/mol. The summed E-state index contributed by atoms with van der Waals surface area (Å²) in [6, 6.07) is 8.08. The summed E-state index contributed by atoms with van der Waals surface area (Å²) in [6.45, 7) is 11.1. The lowest BCUT2D eigenvalue weighted by atomic mass is 9.84. The molecule has 0 radical (unpaired) electrons. The maximum absolute atomic E-state index is 13.1. The van der Waals surface area contributed by atoms with Gasteiger partial charge in [0.1, 0.15) is 11.9 Å². The third-order valence-corrected chi connectivity index (χ3v) is 9.84. The van der Waals surface area contributed by atoms with Crippen LogP contribution < -0.4 is 10.1 Å². The van der Waals surface area contributed by atoms with Crippen molar-refractivity contribution in [3.63, 3.8) is 0 Å². The van der Waals surface area contributed by atoms with Crippen LogP contribution >= 0.6 is 0 Å². The van der Waals surface area contributed by atoms with Crippen LogP contribution in [0, 0.1) is 6.92 Å². The number of ether oxygens (including phenoxy) is 1. The van der Waals surface area contributed by atoms with Gasteiger partial charge in [-0.2, -0.15) is 4.68 Å². The van der Waals surface area contributed by atoms with E-state index in [9.17, 15) is 13.2 Å². The van der Waals surface area contributed by atoms with Crippen LogP contribution in [0.3, 0.4) is 0 Å². The number of sulfone groups is 1. The number of likely N-dealkylation sites (tertiary alicyclic amines) is 2. The van der Waals surface area contributed by atoms with E-state index in [0.717, 1.165) is 55.8 Å². The molecule has 206 valence electrons. The molecule has 1 amide bonds. The third-order valence-electron chi connectivity index (χ3n) is 8.12. The highest BCUT2D eigenvalue weighted by atomic mass is 32.2. The van der Waals surface area contributed by atoms with Gasteiger partial charge < -0.3 is 15.0 Å². The summed E-state index contributed by atoms with van der Waals surface area (Å²) < 4.78 is 31.2. The molecule has 3 fully saturated rings. The molecule has 1 aromatic carbocycles. The van der Waals surface area contributed by atoms with Crippen LogP contribution in [-0.4, -0.2) is 76.8 Å². The van der Waals surface area contributed by atoms with Crippen LogP contribution in [0.5, 0.6) is 5.75 Å². The lowest BCUT2D eigenvalue weighted by Crippen LogP contribution is -2.53. The number of carbonyl (C=O) groups excluding carboxylic acids is 1. The van der Waals surface area contributed by atoms with E-state index < -0.39 is 9.84 Å². The molecular weight excluding hydrogens is 502 g/mol. The van der Waals surface area contributed by atoms with Gasteiger partial charge in [0.25, 0.3) is 0 Å². The predicted octanol–water partition coefficient (Wildman–Crippen LogP) is 4.19. The number of aromatic nitrogens is 2. The van der Waals surface area contributed by atoms with Gasteiger partial charge in [0.05, 0.1) is 11.5 Å². The van der Waals surface area contributed by atoms with E-state index in [2.05, 4.69) is 41.0 Å². The Kier molecular flexibility index (Phi) is 7.55. The summed E-state index contributed by atoms with van der Waals surface area (Å²) in [5.74, 6) is 1.87. The molecule has 0 aliphatic carbocycles. The van der Waals surface area contributed by atoms with Crippen LogP contribution in [0.25, 0.3) is 0 Å². The minimum atomic E-state index is -2.91. The van der Waals surface area contributed by atoms with Crippen molar-refractivity contribution in [3.8, 4) is 5.75 Å². The highest BCUT2D eigenvalue weighted by Gasteiger charge is 2.44. The number of carbonyl (C=O) groups is 1. The molecule has 1 N–H and O–H groups in total.